The Morgan fingerprint density at radius 3 is 2.88 bits per heavy atom. The van der Waals surface area contributed by atoms with Crippen molar-refractivity contribution >= 4 is 11.4 Å². The van der Waals surface area contributed by atoms with Crippen LogP contribution in [0.25, 0.3) is 0 Å². The van der Waals surface area contributed by atoms with Crippen molar-refractivity contribution in [2.24, 2.45) is 0 Å². The summed E-state index contributed by atoms with van der Waals surface area (Å²) in [4.78, 5) is 2.37. The molecule has 0 aliphatic carbocycles. The number of nitrogen functional groups attached to an aromatic ring is 1. The van der Waals surface area contributed by atoms with Gasteiger partial charge in [-0.3, -0.25) is 4.90 Å². The van der Waals surface area contributed by atoms with Gasteiger partial charge in [0.1, 0.15) is 18.5 Å². The normalized spacial score (nSPS) is 22.8. The Balaban J connectivity index is 1.35. The Kier molecular flexibility index (Phi) is 4.84. The van der Waals surface area contributed by atoms with E-state index < -0.39 is 0 Å². The van der Waals surface area contributed by atoms with Crippen molar-refractivity contribution in [2.45, 2.75) is 25.0 Å². The Bertz CT molecular complexity index is 770. The summed E-state index contributed by atoms with van der Waals surface area (Å²) in [6, 6.07) is 12.9. The molecule has 26 heavy (non-hydrogen) atoms. The predicted molar refractivity (Wildman–Crippen MR) is 100 cm³/mol. The van der Waals surface area contributed by atoms with E-state index in [0.29, 0.717) is 12.3 Å². The van der Waals surface area contributed by atoms with Crippen molar-refractivity contribution in [3.8, 4) is 11.5 Å². The van der Waals surface area contributed by atoms with Crippen LogP contribution < -0.4 is 20.5 Å². The van der Waals surface area contributed by atoms with Gasteiger partial charge in [0.15, 0.2) is 11.5 Å². The van der Waals surface area contributed by atoms with Crippen LogP contribution in [0.3, 0.4) is 0 Å². The lowest BCUT2D eigenvalue weighted by Crippen LogP contribution is -2.48. The molecule has 5 nitrogen and oxygen atoms in total. The molecule has 0 spiro atoms. The van der Waals surface area contributed by atoms with Gasteiger partial charge in [0.2, 0.25) is 0 Å². The van der Waals surface area contributed by atoms with Gasteiger partial charge in [0.25, 0.3) is 0 Å². The average Bonchev–Trinajstić information content (AvgIpc) is 2.66. The molecular weight excluding hydrogens is 333 g/mol. The molecule has 138 valence electrons. The zero-order chi connectivity index (χ0) is 17.9. The lowest BCUT2D eigenvalue weighted by atomic mass is 10.0. The molecular formula is C20H24FN3O2. The monoisotopic (exact) mass is 357 g/mol. The molecule has 0 aromatic heterocycles. The standard InChI is InChI=1S/C20H24FN3O2/c21-16-6-3-7-17(20(16)22)23-14-5-4-10-24(11-14)12-15-13-25-18-8-1-2-9-19(18)26-15/h1-3,6-9,14-15,23H,4-5,10-13,22H2/t14-,15-/m0/s1. The van der Waals surface area contributed by atoms with E-state index in [0.717, 1.165) is 44.0 Å². The van der Waals surface area contributed by atoms with Crippen LogP contribution in [-0.4, -0.2) is 43.3 Å². The van der Waals surface area contributed by atoms with Crippen LogP contribution in [0.5, 0.6) is 11.5 Å². The maximum absolute atomic E-state index is 13.6. The zero-order valence-electron chi connectivity index (χ0n) is 14.7. The fourth-order valence-corrected chi connectivity index (χ4v) is 3.66. The number of piperidine rings is 1. The molecule has 2 aliphatic rings. The number of likely N-dealkylation sites (tertiary alicyclic amines) is 1. The molecule has 1 fully saturated rings. The summed E-state index contributed by atoms with van der Waals surface area (Å²) in [6.07, 6.45) is 2.14. The highest BCUT2D eigenvalue weighted by atomic mass is 19.1. The van der Waals surface area contributed by atoms with E-state index in [2.05, 4.69) is 10.2 Å². The fraction of sp³-hybridized carbons (Fsp3) is 0.400. The molecule has 0 bridgehead atoms. The van der Waals surface area contributed by atoms with Gasteiger partial charge < -0.3 is 20.5 Å². The van der Waals surface area contributed by atoms with E-state index in [1.165, 1.54) is 6.07 Å². The summed E-state index contributed by atoms with van der Waals surface area (Å²) < 4.78 is 25.5. The highest BCUT2D eigenvalue weighted by Gasteiger charge is 2.26. The Morgan fingerprint density at radius 1 is 1.15 bits per heavy atom. The van der Waals surface area contributed by atoms with E-state index in [-0.39, 0.29) is 23.7 Å². The summed E-state index contributed by atoms with van der Waals surface area (Å²) in [7, 11) is 0. The van der Waals surface area contributed by atoms with Crippen LogP contribution in [0.1, 0.15) is 12.8 Å². The number of nitrogens with one attached hydrogen (secondary N) is 1. The van der Waals surface area contributed by atoms with Gasteiger partial charge in [0, 0.05) is 19.1 Å². The van der Waals surface area contributed by atoms with Gasteiger partial charge >= 0.3 is 0 Å². The molecule has 2 aromatic carbocycles. The third kappa shape index (κ3) is 3.70. The molecule has 0 unspecified atom stereocenters. The first-order valence-corrected chi connectivity index (χ1v) is 9.10. The lowest BCUT2D eigenvalue weighted by Gasteiger charge is -2.37. The Hall–Kier alpha value is -2.47. The van der Waals surface area contributed by atoms with Crippen LogP contribution in [0, 0.1) is 5.82 Å². The number of nitrogens with zero attached hydrogens (tertiary/aromatic N) is 1. The van der Waals surface area contributed by atoms with Crippen LogP contribution >= 0.6 is 0 Å². The second kappa shape index (κ2) is 7.41. The van der Waals surface area contributed by atoms with Crippen molar-refractivity contribution in [1.29, 1.82) is 0 Å². The first kappa shape index (κ1) is 17.0. The van der Waals surface area contributed by atoms with Gasteiger partial charge in [-0.2, -0.15) is 0 Å². The maximum atomic E-state index is 13.6. The molecule has 2 heterocycles. The quantitative estimate of drug-likeness (QED) is 0.824. The average molecular weight is 357 g/mol. The summed E-state index contributed by atoms with van der Waals surface area (Å²) in [5.41, 5.74) is 6.70. The second-order valence-corrected chi connectivity index (χ2v) is 6.94. The van der Waals surface area contributed by atoms with Gasteiger partial charge in [-0.05, 0) is 43.7 Å². The van der Waals surface area contributed by atoms with Gasteiger partial charge in [-0.1, -0.05) is 18.2 Å². The summed E-state index contributed by atoms with van der Waals surface area (Å²) in [5, 5.41) is 3.39. The van der Waals surface area contributed by atoms with E-state index in [1.807, 2.05) is 30.3 Å². The molecule has 6 heteroatoms. The molecule has 2 atom stereocenters. The minimum atomic E-state index is -0.380. The van der Waals surface area contributed by atoms with Crippen molar-refractivity contribution in [3.63, 3.8) is 0 Å². The molecule has 2 aliphatic heterocycles. The molecule has 0 radical (unpaired) electrons. The SMILES string of the molecule is Nc1c(F)cccc1N[C@H]1CCCN(C[C@H]2COc3ccccc3O2)C1. The van der Waals surface area contributed by atoms with Crippen molar-refractivity contribution in [1.82, 2.24) is 4.90 Å². The summed E-state index contributed by atoms with van der Waals surface area (Å²) in [5.74, 6) is 1.24. The minimum Gasteiger partial charge on any atom is -0.486 e. The van der Waals surface area contributed by atoms with Crippen LogP contribution in [-0.2, 0) is 0 Å². The van der Waals surface area contributed by atoms with Crippen LogP contribution in [0.2, 0.25) is 0 Å². The highest BCUT2D eigenvalue weighted by Crippen LogP contribution is 2.31. The third-order valence-corrected chi connectivity index (χ3v) is 4.95. The molecule has 2 aromatic rings. The van der Waals surface area contributed by atoms with E-state index in [9.17, 15) is 4.39 Å². The number of fused-ring (bicyclic) bond motifs is 1. The van der Waals surface area contributed by atoms with E-state index in [1.54, 1.807) is 6.07 Å². The fourth-order valence-electron chi connectivity index (χ4n) is 3.66. The van der Waals surface area contributed by atoms with Crippen molar-refractivity contribution < 1.29 is 13.9 Å². The number of benzene rings is 2. The van der Waals surface area contributed by atoms with Gasteiger partial charge in [-0.15, -0.1) is 0 Å². The first-order valence-electron chi connectivity index (χ1n) is 9.10. The second-order valence-electron chi connectivity index (χ2n) is 6.94. The molecule has 0 amide bonds. The first-order chi connectivity index (χ1) is 12.7. The summed E-state index contributed by atoms with van der Waals surface area (Å²) in [6.45, 7) is 3.27. The van der Waals surface area contributed by atoms with E-state index in [4.69, 9.17) is 15.2 Å². The van der Waals surface area contributed by atoms with Crippen molar-refractivity contribution in [3.05, 3.63) is 48.3 Å². The number of ether oxygens (including phenoxy) is 2. The maximum Gasteiger partial charge on any atom is 0.161 e. The molecule has 3 N–H and O–H groups in total. The highest BCUT2D eigenvalue weighted by molar-refractivity contribution is 5.66. The largest absolute Gasteiger partial charge is 0.486 e. The number of anilines is 2. The number of nitrogens with two attached hydrogens (primary N) is 1. The van der Waals surface area contributed by atoms with Crippen LogP contribution in [0.15, 0.2) is 42.5 Å². The lowest BCUT2D eigenvalue weighted by molar-refractivity contribution is 0.0518. The number of para-hydroxylation sites is 3. The van der Waals surface area contributed by atoms with E-state index >= 15 is 0 Å². The third-order valence-electron chi connectivity index (χ3n) is 4.95. The number of rotatable bonds is 4. The Morgan fingerprint density at radius 2 is 2.00 bits per heavy atom. The molecule has 1 saturated heterocycles. The van der Waals surface area contributed by atoms with Gasteiger partial charge in [-0.25, -0.2) is 4.39 Å². The Labute approximate surface area is 152 Å². The number of halogens is 1. The van der Waals surface area contributed by atoms with Crippen LogP contribution in [0.4, 0.5) is 15.8 Å². The number of hydrogen-bond acceptors (Lipinski definition) is 5. The molecule has 4 rings (SSSR count). The topological polar surface area (TPSA) is 59.8 Å². The zero-order valence-corrected chi connectivity index (χ0v) is 14.7. The molecule has 0 saturated carbocycles. The predicted octanol–water partition coefficient (Wildman–Crippen LogP) is 3.12. The van der Waals surface area contributed by atoms with Gasteiger partial charge in [0.05, 0.1) is 11.4 Å². The number of hydrogen-bond donors (Lipinski definition) is 2. The smallest absolute Gasteiger partial charge is 0.161 e. The minimum absolute atomic E-state index is 0.0166. The summed E-state index contributed by atoms with van der Waals surface area (Å²) >= 11 is 0. The van der Waals surface area contributed by atoms with Crippen molar-refractivity contribution in [2.75, 3.05) is 37.3 Å².